The first-order chi connectivity index (χ1) is 18.1. The van der Waals surface area contributed by atoms with Crippen molar-refractivity contribution in [3.05, 3.63) is 47.6 Å². The maximum atomic E-state index is 13.1. The van der Waals surface area contributed by atoms with E-state index in [1.807, 2.05) is 13.0 Å². The highest BCUT2D eigenvalue weighted by atomic mass is 16.7. The molecule has 0 aliphatic carbocycles. The van der Waals surface area contributed by atoms with Crippen LogP contribution in [0.25, 0.3) is 11.1 Å². The van der Waals surface area contributed by atoms with Gasteiger partial charge in [-0.05, 0) is 48.9 Å². The van der Waals surface area contributed by atoms with E-state index in [-0.39, 0.29) is 47.2 Å². The van der Waals surface area contributed by atoms with Crippen molar-refractivity contribution in [1.29, 1.82) is 0 Å². The number of H-pyrrole nitrogens is 1. The highest BCUT2D eigenvalue weighted by Gasteiger charge is 2.52. The van der Waals surface area contributed by atoms with Crippen LogP contribution in [0.2, 0.25) is 0 Å². The summed E-state index contributed by atoms with van der Waals surface area (Å²) in [5.74, 6) is -1.11. The zero-order chi connectivity index (χ0) is 27.2. The van der Waals surface area contributed by atoms with Crippen molar-refractivity contribution >= 4 is 28.5 Å². The minimum Gasteiger partial charge on any atom is -0.478 e. The lowest BCUT2D eigenvalue weighted by Crippen LogP contribution is -2.58. The number of carboxylic acids is 1. The smallest absolute Gasteiger partial charge is 0.340 e. The predicted octanol–water partition coefficient (Wildman–Crippen LogP) is 5.53. The average Bonchev–Trinajstić information content (AvgIpc) is 3.57. The van der Waals surface area contributed by atoms with Gasteiger partial charge in [0.25, 0.3) is 0 Å². The first-order valence-electron chi connectivity index (χ1n) is 13.5. The van der Waals surface area contributed by atoms with E-state index >= 15 is 0 Å². The number of oxazole rings is 1. The molecule has 1 aromatic carbocycles. The zero-order valence-corrected chi connectivity index (χ0v) is 22.6. The minimum atomic E-state index is -1.06. The molecule has 1 unspecified atom stereocenters. The van der Waals surface area contributed by atoms with Gasteiger partial charge < -0.3 is 29.3 Å². The molecule has 2 aliphatic heterocycles. The van der Waals surface area contributed by atoms with E-state index in [1.54, 1.807) is 31.4 Å². The lowest BCUT2D eigenvalue weighted by Gasteiger charge is -2.53. The molecule has 9 nitrogen and oxygen atoms in total. The third-order valence-corrected chi connectivity index (χ3v) is 8.54. The monoisotopic (exact) mass is 523 g/mol. The number of carbonyl (C=O) groups excluding carboxylic acids is 1. The van der Waals surface area contributed by atoms with E-state index in [0.717, 1.165) is 19.3 Å². The Hall–Kier alpha value is -3.17. The fourth-order valence-corrected chi connectivity index (χ4v) is 6.27. The maximum Gasteiger partial charge on any atom is 0.340 e. The van der Waals surface area contributed by atoms with Crippen LogP contribution < -0.4 is 5.32 Å². The van der Waals surface area contributed by atoms with E-state index < -0.39 is 11.8 Å². The Bertz CT molecular complexity index is 1320. The standard InChI is InChI=1S/C29H37N3O6/c1-15-10-11-29(17(3)13-16(2)27(38-29)18(4)26(33)20-7-6-12-31-20)37-22(15)14-23-32-25-21(36-23)9-8-19(30-5)24(25)28(34)35/h6-9,12,15-18,22,27,30-31H,10-11,13-14H2,1-5H3,(H,34,35)/t15-,16+,17+,18-,22-,27-,29?/m0/s1. The number of ether oxygens (including phenoxy) is 2. The van der Waals surface area contributed by atoms with Crippen LogP contribution in [0.1, 0.15) is 73.7 Å². The van der Waals surface area contributed by atoms with Crippen molar-refractivity contribution in [1.82, 2.24) is 9.97 Å². The van der Waals surface area contributed by atoms with Crippen LogP contribution in [-0.2, 0) is 15.9 Å². The van der Waals surface area contributed by atoms with Crippen LogP contribution in [0, 0.1) is 23.7 Å². The summed E-state index contributed by atoms with van der Waals surface area (Å²) in [5, 5.41) is 12.7. The van der Waals surface area contributed by atoms with Gasteiger partial charge in [-0.3, -0.25) is 4.79 Å². The molecule has 38 heavy (non-hydrogen) atoms. The number of rotatable bonds is 7. The molecule has 5 rings (SSSR count). The summed E-state index contributed by atoms with van der Waals surface area (Å²) < 4.78 is 19.6. The van der Waals surface area contributed by atoms with Crippen LogP contribution in [0.3, 0.4) is 0 Å². The molecule has 7 atom stereocenters. The number of carboxylic acid groups (broad SMARTS) is 1. The molecule has 0 bridgehead atoms. The van der Waals surface area contributed by atoms with Crippen molar-refractivity contribution in [2.45, 2.75) is 71.4 Å². The van der Waals surface area contributed by atoms with Crippen molar-refractivity contribution in [2.24, 2.45) is 23.7 Å². The number of aromatic nitrogens is 2. The van der Waals surface area contributed by atoms with E-state index in [9.17, 15) is 14.7 Å². The molecule has 2 aliphatic rings. The number of nitrogens with zero attached hydrogens (tertiary/aromatic N) is 1. The highest BCUT2D eigenvalue weighted by molar-refractivity contribution is 6.06. The first kappa shape index (κ1) is 26.4. The molecule has 2 saturated heterocycles. The van der Waals surface area contributed by atoms with Gasteiger partial charge in [0.1, 0.15) is 11.1 Å². The third-order valence-electron chi connectivity index (χ3n) is 8.54. The number of Topliss-reactive ketones (excluding diaryl/α,β-unsaturated/α-hetero) is 1. The first-order valence-corrected chi connectivity index (χ1v) is 13.5. The van der Waals surface area contributed by atoms with Gasteiger partial charge in [-0.2, -0.15) is 0 Å². The molecule has 3 aromatic rings. The molecule has 0 saturated carbocycles. The number of fused-ring (bicyclic) bond motifs is 1. The molecule has 0 radical (unpaired) electrons. The van der Waals surface area contributed by atoms with Gasteiger partial charge in [0.15, 0.2) is 23.0 Å². The second-order valence-corrected chi connectivity index (χ2v) is 11.1. The Kier molecular flexibility index (Phi) is 7.09. The van der Waals surface area contributed by atoms with E-state index in [4.69, 9.17) is 13.9 Å². The number of aromatic carboxylic acids is 1. The van der Waals surface area contributed by atoms with Crippen LogP contribution in [0.4, 0.5) is 5.69 Å². The molecule has 4 heterocycles. The SMILES string of the molecule is CNc1ccc2oc(C[C@@H]3OC4(CC[C@@H]3C)O[C@H]([C@@H](C)C(=O)c3ccc[nH]3)[C@H](C)C[C@H]4C)nc2c1C(=O)O. The second kappa shape index (κ2) is 10.2. The summed E-state index contributed by atoms with van der Waals surface area (Å²) >= 11 is 0. The van der Waals surface area contributed by atoms with Gasteiger partial charge >= 0.3 is 5.97 Å². The van der Waals surface area contributed by atoms with Crippen molar-refractivity contribution in [2.75, 3.05) is 12.4 Å². The Labute approximate surface area is 222 Å². The van der Waals surface area contributed by atoms with Gasteiger partial charge in [0, 0.05) is 31.5 Å². The van der Waals surface area contributed by atoms with Gasteiger partial charge in [-0.15, -0.1) is 0 Å². The quantitative estimate of drug-likeness (QED) is 0.345. The fraction of sp³-hybridized carbons (Fsp3) is 0.552. The number of aromatic amines is 1. The molecule has 9 heteroatoms. The van der Waals surface area contributed by atoms with E-state index in [2.05, 4.69) is 36.1 Å². The molecule has 2 fully saturated rings. The third kappa shape index (κ3) is 4.62. The summed E-state index contributed by atoms with van der Waals surface area (Å²) in [5.41, 5.74) is 1.93. The summed E-state index contributed by atoms with van der Waals surface area (Å²) in [6.07, 6.45) is 4.22. The summed E-state index contributed by atoms with van der Waals surface area (Å²) in [6.45, 7) is 8.39. The van der Waals surface area contributed by atoms with Gasteiger partial charge in [0.2, 0.25) is 0 Å². The number of anilines is 1. The average molecular weight is 524 g/mol. The van der Waals surface area contributed by atoms with Crippen molar-refractivity contribution in [3.8, 4) is 0 Å². The fourth-order valence-electron chi connectivity index (χ4n) is 6.27. The Morgan fingerprint density at radius 3 is 2.68 bits per heavy atom. The molecule has 2 aromatic heterocycles. The predicted molar refractivity (Wildman–Crippen MR) is 142 cm³/mol. The molecule has 204 valence electrons. The number of hydrogen-bond donors (Lipinski definition) is 3. The number of benzene rings is 1. The highest BCUT2D eigenvalue weighted by Crippen LogP contribution is 2.48. The van der Waals surface area contributed by atoms with Crippen LogP contribution >= 0.6 is 0 Å². The molecule has 0 amide bonds. The number of hydrogen-bond acceptors (Lipinski definition) is 7. The number of ketones is 1. The van der Waals surface area contributed by atoms with Crippen LogP contribution in [0.15, 0.2) is 34.9 Å². The Morgan fingerprint density at radius 1 is 1.21 bits per heavy atom. The Morgan fingerprint density at radius 2 is 2.00 bits per heavy atom. The Balaban J connectivity index is 1.39. The maximum absolute atomic E-state index is 13.1. The summed E-state index contributed by atoms with van der Waals surface area (Å²) in [7, 11) is 1.68. The summed E-state index contributed by atoms with van der Waals surface area (Å²) in [4.78, 5) is 32.7. The normalized spacial score (nSPS) is 30.4. The lowest BCUT2D eigenvalue weighted by molar-refractivity contribution is -0.355. The molecular weight excluding hydrogens is 486 g/mol. The van der Waals surface area contributed by atoms with Gasteiger partial charge in [-0.1, -0.05) is 27.7 Å². The second-order valence-electron chi connectivity index (χ2n) is 11.1. The number of carbonyl (C=O) groups is 2. The van der Waals surface area contributed by atoms with Gasteiger partial charge in [0.05, 0.1) is 30.0 Å². The summed E-state index contributed by atoms with van der Waals surface area (Å²) in [6, 6.07) is 7.05. The molecule has 3 N–H and O–H groups in total. The van der Waals surface area contributed by atoms with Crippen LogP contribution in [0.5, 0.6) is 0 Å². The van der Waals surface area contributed by atoms with Gasteiger partial charge in [-0.25, -0.2) is 9.78 Å². The lowest BCUT2D eigenvalue weighted by atomic mass is 9.75. The van der Waals surface area contributed by atoms with Crippen LogP contribution in [-0.4, -0.2) is 51.9 Å². The molecule has 1 spiro atoms. The topological polar surface area (TPSA) is 127 Å². The van der Waals surface area contributed by atoms with E-state index in [0.29, 0.717) is 34.8 Å². The number of nitrogens with one attached hydrogen (secondary N) is 2. The van der Waals surface area contributed by atoms with Crippen molar-refractivity contribution < 1.29 is 28.6 Å². The zero-order valence-electron chi connectivity index (χ0n) is 22.6. The minimum absolute atomic E-state index is 0.0407. The van der Waals surface area contributed by atoms with Crippen molar-refractivity contribution in [3.63, 3.8) is 0 Å². The molecular formula is C29H37N3O6. The van der Waals surface area contributed by atoms with E-state index in [1.165, 1.54) is 0 Å². The largest absolute Gasteiger partial charge is 0.478 e.